The van der Waals surface area contributed by atoms with Gasteiger partial charge in [-0.3, -0.25) is 9.78 Å². The fraction of sp³-hybridized carbons (Fsp3) is 0.294. The molecule has 0 radical (unpaired) electrons. The average Bonchev–Trinajstić information content (AvgIpc) is 2.50. The number of unbranched alkanes of at least 4 members (excludes halogenated alkanes) is 1. The molecule has 1 amide bonds. The van der Waals surface area contributed by atoms with Crippen LogP contribution in [0.25, 0.3) is 0 Å². The van der Waals surface area contributed by atoms with Crippen LogP contribution in [0.5, 0.6) is 0 Å². The van der Waals surface area contributed by atoms with Gasteiger partial charge in [-0.05, 0) is 37.6 Å². The van der Waals surface area contributed by atoms with Crippen LogP contribution < -0.4 is 10.6 Å². The van der Waals surface area contributed by atoms with Crippen molar-refractivity contribution in [3.63, 3.8) is 0 Å². The number of rotatable bonds is 6. The van der Waals surface area contributed by atoms with E-state index in [-0.39, 0.29) is 5.91 Å². The van der Waals surface area contributed by atoms with E-state index in [9.17, 15) is 4.79 Å². The largest absolute Gasteiger partial charge is 0.355 e. The molecular formula is C17H21N3O. The quantitative estimate of drug-likeness (QED) is 0.795. The van der Waals surface area contributed by atoms with Crippen LogP contribution in [0.1, 0.15) is 35.8 Å². The molecule has 0 fully saturated rings. The number of benzene rings is 1. The molecule has 1 aromatic heterocycles. The summed E-state index contributed by atoms with van der Waals surface area (Å²) in [5.41, 5.74) is 3.49. The van der Waals surface area contributed by atoms with Gasteiger partial charge >= 0.3 is 0 Å². The number of aryl methyl sites for hydroxylation is 1. The van der Waals surface area contributed by atoms with Gasteiger partial charge in [0.2, 0.25) is 0 Å². The van der Waals surface area contributed by atoms with Gasteiger partial charge in [0.1, 0.15) is 5.69 Å². The number of nitrogens with one attached hydrogen (secondary N) is 2. The van der Waals surface area contributed by atoms with Gasteiger partial charge in [-0.15, -0.1) is 0 Å². The second-order valence-corrected chi connectivity index (χ2v) is 5.03. The van der Waals surface area contributed by atoms with Gasteiger partial charge in [-0.1, -0.05) is 31.0 Å². The fourth-order valence-corrected chi connectivity index (χ4v) is 1.91. The van der Waals surface area contributed by atoms with Gasteiger partial charge in [-0.2, -0.15) is 0 Å². The zero-order chi connectivity index (χ0) is 15.1. The molecule has 0 saturated carbocycles. The maximum Gasteiger partial charge on any atom is 0.269 e. The van der Waals surface area contributed by atoms with Gasteiger partial charge in [0.15, 0.2) is 0 Å². The number of pyridine rings is 1. The predicted molar refractivity (Wildman–Crippen MR) is 85.9 cm³/mol. The van der Waals surface area contributed by atoms with Crippen LogP contribution in [0, 0.1) is 6.92 Å². The van der Waals surface area contributed by atoms with Crippen LogP contribution in [0.15, 0.2) is 42.6 Å². The van der Waals surface area contributed by atoms with E-state index in [0.717, 1.165) is 24.2 Å². The minimum Gasteiger partial charge on any atom is -0.355 e. The van der Waals surface area contributed by atoms with E-state index in [1.807, 2.05) is 30.3 Å². The molecule has 1 aromatic carbocycles. The van der Waals surface area contributed by atoms with E-state index in [4.69, 9.17) is 0 Å². The molecule has 2 aromatic rings. The maximum absolute atomic E-state index is 12.0. The Morgan fingerprint density at radius 1 is 1.14 bits per heavy atom. The Morgan fingerprint density at radius 2 is 1.90 bits per heavy atom. The molecule has 21 heavy (non-hydrogen) atoms. The van der Waals surface area contributed by atoms with Crippen molar-refractivity contribution in [3.8, 4) is 0 Å². The summed E-state index contributed by atoms with van der Waals surface area (Å²) in [6.45, 7) is 4.83. The molecule has 0 aliphatic rings. The van der Waals surface area contributed by atoms with Crippen LogP contribution in [0.3, 0.4) is 0 Å². The fourth-order valence-electron chi connectivity index (χ4n) is 1.91. The highest BCUT2D eigenvalue weighted by molar-refractivity contribution is 5.93. The van der Waals surface area contributed by atoms with Crippen molar-refractivity contribution < 1.29 is 4.79 Å². The second kappa shape index (κ2) is 7.43. The molecule has 0 saturated heterocycles. The Kier molecular flexibility index (Phi) is 5.32. The number of hydrogen-bond acceptors (Lipinski definition) is 3. The van der Waals surface area contributed by atoms with Crippen LogP contribution in [-0.4, -0.2) is 17.4 Å². The highest BCUT2D eigenvalue weighted by Gasteiger charge is 2.07. The van der Waals surface area contributed by atoms with Gasteiger partial charge in [0.25, 0.3) is 5.91 Å². The lowest BCUT2D eigenvalue weighted by molar-refractivity contribution is 0.0948. The summed E-state index contributed by atoms with van der Waals surface area (Å²) in [5, 5.41) is 6.14. The number of hydrogen-bond donors (Lipinski definition) is 2. The Hall–Kier alpha value is -2.36. The highest BCUT2D eigenvalue weighted by Crippen LogP contribution is 2.17. The zero-order valence-electron chi connectivity index (χ0n) is 12.5. The van der Waals surface area contributed by atoms with Crippen molar-refractivity contribution in [1.82, 2.24) is 10.3 Å². The van der Waals surface area contributed by atoms with E-state index in [1.54, 1.807) is 12.3 Å². The minimum atomic E-state index is -0.129. The first-order chi connectivity index (χ1) is 10.2. The molecule has 1 heterocycles. The Morgan fingerprint density at radius 3 is 2.62 bits per heavy atom. The number of carbonyl (C=O) groups is 1. The van der Waals surface area contributed by atoms with Gasteiger partial charge in [0.05, 0.1) is 0 Å². The van der Waals surface area contributed by atoms with E-state index >= 15 is 0 Å². The topological polar surface area (TPSA) is 54.0 Å². The molecule has 0 aliphatic carbocycles. The Balaban J connectivity index is 2.03. The lowest BCUT2D eigenvalue weighted by Crippen LogP contribution is -2.25. The molecule has 0 unspecified atom stereocenters. The van der Waals surface area contributed by atoms with E-state index in [2.05, 4.69) is 29.5 Å². The molecule has 0 atom stereocenters. The third-order valence-electron chi connectivity index (χ3n) is 3.15. The minimum absolute atomic E-state index is 0.129. The molecule has 110 valence electrons. The van der Waals surface area contributed by atoms with Gasteiger partial charge in [0, 0.05) is 24.1 Å². The van der Waals surface area contributed by atoms with Crippen LogP contribution in [0.4, 0.5) is 11.4 Å². The summed E-state index contributed by atoms with van der Waals surface area (Å²) >= 11 is 0. The summed E-state index contributed by atoms with van der Waals surface area (Å²) in [6, 6.07) is 11.7. The SMILES string of the molecule is CCCCNC(=O)c1cc(Nc2ccc(C)cc2)ccn1. The average molecular weight is 283 g/mol. The standard InChI is InChI=1S/C17H21N3O/c1-3-4-10-19-17(21)16-12-15(9-11-18-16)20-14-7-5-13(2)6-8-14/h5-9,11-12H,3-4,10H2,1-2H3,(H,18,20)(H,19,21). The van der Waals surface area contributed by atoms with E-state index in [0.29, 0.717) is 12.2 Å². The highest BCUT2D eigenvalue weighted by atomic mass is 16.1. The number of anilines is 2. The number of amides is 1. The molecule has 2 rings (SSSR count). The molecule has 4 nitrogen and oxygen atoms in total. The summed E-state index contributed by atoms with van der Waals surface area (Å²) < 4.78 is 0. The number of nitrogens with zero attached hydrogens (tertiary/aromatic N) is 1. The second-order valence-electron chi connectivity index (χ2n) is 5.03. The maximum atomic E-state index is 12.0. The first-order valence-electron chi connectivity index (χ1n) is 7.27. The summed E-state index contributed by atoms with van der Waals surface area (Å²) in [4.78, 5) is 16.1. The lowest BCUT2D eigenvalue weighted by Gasteiger charge is -2.08. The van der Waals surface area contributed by atoms with E-state index < -0.39 is 0 Å². The predicted octanol–water partition coefficient (Wildman–Crippen LogP) is 3.66. The first-order valence-corrected chi connectivity index (χ1v) is 7.27. The Labute approximate surface area is 125 Å². The van der Waals surface area contributed by atoms with Crippen LogP contribution in [-0.2, 0) is 0 Å². The van der Waals surface area contributed by atoms with Crippen molar-refractivity contribution in [2.45, 2.75) is 26.7 Å². The summed E-state index contributed by atoms with van der Waals surface area (Å²) in [6.07, 6.45) is 3.68. The molecule has 0 aliphatic heterocycles. The summed E-state index contributed by atoms with van der Waals surface area (Å²) in [7, 11) is 0. The molecule has 4 heteroatoms. The Bertz CT molecular complexity index is 593. The van der Waals surface area contributed by atoms with Crippen molar-refractivity contribution in [2.75, 3.05) is 11.9 Å². The lowest BCUT2D eigenvalue weighted by atomic mass is 10.2. The molecule has 2 N–H and O–H groups in total. The van der Waals surface area contributed by atoms with Crippen molar-refractivity contribution >= 4 is 17.3 Å². The number of aromatic nitrogens is 1. The monoisotopic (exact) mass is 283 g/mol. The van der Waals surface area contributed by atoms with Gasteiger partial charge < -0.3 is 10.6 Å². The third-order valence-corrected chi connectivity index (χ3v) is 3.15. The van der Waals surface area contributed by atoms with Gasteiger partial charge in [-0.25, -0.2) is 0 Å². The molecular weight excluding hydrogens is 262 g/mol. The van der Waals surface area contributed by atoms with Crippen LogP contribution >= 0.6 is 0 Å². The molecule has 0 bridgehead atoms. The first kappa shape index (κ1) is 15.0. The molecule has 0 spiro atoms. The summed E-state index contributed by atoms with van der Waals surface area (Å²) in [5.74, 6) is -0.129. The number of carbonyl (C=O) groups excluding carboxylic acids is 1. The van der Waals surface area contributed by atoms with Crippen molar-refractivity contribution in [3.05, 3.63) is 53.9 Å². The van der Waals surface area contributed by atoms with Crippen molar-refractivity contribution in [2.24, 2.45) is 0 Å². The third kappa shape index (κ3) is 4.60. The smallest absolute Gasteiger partial charge is 0.269 e. The van der Waals surface area contributed by atoms with Crippen molar-refractivity contribution in [1.29, 1.82) is 0 Å². The zero-order valence-corrected chi connectivity index (χ0v) is 12.5. The van der Waals surface area contributed by atoms with Crippen LogP contribution in [0.2, 0.25) is 0 Å². The van der Waals surface area contributed by atoms with E-state index in [1.165, 1.54) is 5.56 Å². The normalized spacial score (nSPS) is 10.2.